The van der Waals surface area contributed by atoms with Gasteiger partial charge in [0.05, 0.1) is 0 Å². The minimum absolute atomic E-state index is 0. The zero-order valence-electron chi connectivity index (χ0n) is 39.1. The second-order valence-electron chi connectivity index (χ2n) is 12.9. The van der Waals surface area contributed by atoms with Gasteiger partial charge in [-0.25, -0.2) is 0 Å². The molecule has 0 N–H and O–H groups in total. The Balaban J connectivity index is -0.000000238. The van der Waals surface area contributed by atoms with E-state index in [-0.39, 0.29) is 16.6 Å². The topological polar surface area (TPSA) is 0 Å². The minimum Gasteiger partial charge on any atom is -0.162 e. The van der Waals surface area contributed by atoms with E-state index < -0.39 is 64.4 Å². The van der Waals surface area contributed by atoms with Crippen LogP contribution < -0.4 is 0 Å². The monoisotopic (exact) mass is 1270 g/mol. The Bertz CT molecular complexity index is 2970. The van der Waals surface area contributed by atoms with Crippen LogP contribution in [0.5, 0.6) is 0 Å². The second-order valence-corrected chi connectivity index (χ2v) is 22.3. The van der Waals surface area contributed by atoms with Crippen molar-refractivity contribution in [2.24, 2.45) is 0 Å². The summed E-state index contributed by atoms with van der Waals surface area (Å²) < 4.78 is 264. The van der Waals surface area contributed by atoms with Crippen molar-refractivity contribution in [1.82, 2.24) is 0 Å². The molecule has 27 heteroatoms. The van der Waals surface area contributed by atoms with Crippen molar-refractivity contribution in [1.29, 1.82) is 0 Å². The van der Waals surface area contributed by atoms with Gasteiger partial charge in [-0.1, -0.05) is 78.1 Å². The van der Waals surface area contributed by atoms with Crippen LogP contribution in [-0.2, 0) is 10.9 Å². The van der Waals surface area contributed by atoms with Crippen LogP contribution in [-0.4, -0.2) is 64.4 Å². The van der Waals surface area contributed by atoms with Gasteiger partial charge in [0.25, 0.3) is 0 Å². The molecule has 0 aliphatic rings. The van der Waals surface area contributed by atoms with Gasteiger partial charge in [-0.2, -0.15) is 105 Å². The van der Waals surface area contributed by atoms with E-state index in [9.17, 15) is 105 Å². The maximum atomic E-state index is 10.4. The van der Waals surface area contributed by atoms with Gasteiger partial charge in [-0.05, 0) is 35.9 Å². The third-order valence-electron chi connectivity index (χ3n) is 7.03. The summed E-state index contributed by atoms with van der Waals surface area (Å²) in [7, 11) is -0.0491. The van der Waals surface area contributed by atoms with E-state index in [4.69, 9.17) is 25.7 Å². The molecule has 1 aromatic heterocycles. The molecule has 81 heavy (non-hydrogen) atoms. The van der Waals surface area contributed by atoms with Crippen LogP contribution in [0.1, 0.15) is 5.71 Å². The normalized spacial score (nSPS) is 10.5. The van der Waals surface area contributed by atoms with Crippen LogP contribution in [0, 0.1) is 138 Å². The summed E-state index contributed by atoms with van der Waals surface area (Å²) in [5, 5.41) is 0. The van der Waals surface area contributed by atoms with Gasteiger partial charge in [0.1, 0.15) is 10.9 Å². The van der Waals surface area contributed by atoms with Gasteiger partial charge in [-0.15, -0.1) is 0 Å². The minimum atomic E-state index is -6.06. The number of terminal acetylenes is 4. The summed E-state index contributed by atoms with van der Waals surface area (Å²) in [4.78, 5) is 4.06. The maximum absolute atomic E-state index is 10.4. The van der Waals surface area contributed by atoms with Gasteiger partial charge in [0, 0.05) is 16.7 Å². The zero-order valence-corrected chi connectivity index (χ0v) is 43.1. The van der Waals surface area contributed by atoms with E-state index in [0.717, 1.165) is 0 Å². The van der Waals surface area contributed by atoms with Crippen molar-refractivity contribution in [3.63, 3.8) is 0 Å². The summed E-state index contributed by atoms with van der Waals surface area (Å²) in [6, 6.07) is 36.8. The molecule has 0 atom stereocenters. The molecule has 0 nitrogen and oxygen atoms in total. The molecule has 0 amide bonds. The molecular weight excluding hydrogens is 1240 g/mol. The zero-order chi connectivity index (χ0) is 62.8. The fourth-order valence-electron chi connectivity index (χ4n) is 3.73. The van der Waals surface area contributed by atoms with Crippen molar-refractivity contribution in [3.8, 4) is 149 Å². The van der Waals surface area contributed by atoms with Crippen LogP contribution in [0.2, 0.25) is 0 Å². The quantitative estimate of drug-likeness (QED) is 0.0827. The Morgan fingerprint density at radius 3 is 0.765 bits per heavy atom. The van der Waals surface area contributed by atoms with Crippen molar-refractivity contribution in [3.05, 3.63) is 103 Å². The Labute approximate surface area is 462 Å². The van der Waals surface area contributed by atoms with Crippen LogP contribution in [0.15, 0.2) is 117 Å². The molecule has 4 rings (SSSR count). The number of hydrogen-bond donors (Lipinski definition) is 0. The van der Waals surface area contributed by atoms with E-state index in [1.54, 1.807) is 0 Å². The molecule has 4 aromatic rings. The Morgan fingerprint density at radius 1 is 0.309 bits per heavy atom. The maximum Gasteiger partial charge on any atom is 0.487 e. The van der Waals surface area contributed by atoms with E-state index in [1.165, 1.54) is 24.4 Å². The molecule has 428 valence electrons. The Hall–Kier alpha value is -8.61. The number of hydrogen-bond acceptors (Lipinski definition) is 1. The molecule has 0 bridgehead atoms. The summed E-state index contributed by atoms with van der Waals surface area (Å²) in [5.74, 6) is 38.5. The molecule has 0 fully saturated rings. The number of alkyl halides is 24. The number of benzene rings is 3. The van der Waals surface area contributed by atoms with Crippen LogP contribution in [0.4, 0.5) is 105 Å². The van der Waals surface area contributed by atoms with Crippen molar-refractivity contribution in [2.75, 3.05) is 0 Å². The first-order valence-corrected chi connectivity index (χ1v) is 26.6. The largest absolute Gasteiger partial charge is 0.487 e. The molecule has 0 spiro atoms. The number of halogens is 24. The van der Waals surface area contributed by atoms with Crippen LogP contribution in [0.3, 0.4) is 0 Å². The van der Waals surface area contributed by atoms with Crippen molar-refractivity contribution >= 4 is 37.3 Å². The first-order valence-electron chi connectivity index (χ1n) is 19.8. The molecule has 0 aliphatic carbocycles. The van der Waals surface area contributed by atoms with Gasteiger partial charge >= 0.3 is 203 Å². The average molecular weight is 1270 g/mol. The molecule has 0 unspecified atom stereocenters. The van der Waals surface area contributed by atoms with Crippen LogP contribution >= 0.6 is 11.3 Å². The van der Waals surface area contributed by atoms with E-state index in [2.05, 4.69) is 216 Å². The standard InChI is InChI=1S/C22H17S2.4C6H.4C2F6.Ga.4H2/c1-4-10-18(11-5-1)21-16-17-22(23-21)24(19-12-6-2-7-13-19)20-14-8-3-9-15-20;4*1-3-5-6-4-2;4*3-1(4,5)2(6,7)8;;;;;/h1-17H;4*1H;;;;;;4*1H/q+1;;;;;;;;;-1;;;;. The molecular formula is C54H29F24GaS2. The molecule has 0 aliphatic heterocycles. The smallest absolute Gasteiger partial charge is 0.162 e. The SMILES string of the molecule is C#CC#CC#[C][Ga-]([C]#CC#CC#C)([C]#CC#CC#C)[C]#CC#CC#C.FC(F)(F)C(F)(F)F.FC(F)(F)C(F)(F)F.FC(F)(F)C(F)(F)F.FC(F)(F)C(F)(F)F.[HH].[HH].[HH].[HH].c1ccc(-c2ccc([S+](c3ccccc3)c3ccccc3)s2)cc1. The first-order chi connectivity index (χ1) is 37.2. The fourth-order valence-corrected chi connectivity index (χ4v) is 10.8. The van der Waals surface area contributed by atoms with Gasteiger partial charge in [-0.3, -0.25) is 0 Å². The summed E-state index contributed by atoms with van der Waals surface area (Å²) >= 11 is -2.01. The third kappa shape index (κ3) is 31.5. The third-order valence-corrected chi connectivity index (χ3v) is 15.6. The second kappa shape index (κ2) is 34.4. The van der Waals surface area contributed by atoms with Gasteiger partial charge in [0.2, 0.25) is 4.21 Å². The predicted octanol–water partition coefficient (Wildman–Crippen LogP) is 16.1. The molecule has 1 heterocycles. The predicted molar refractivity (Wildman–Crippen MR) is 265 cm³/mol. The fraction of sp³-hybridized carbons (Fsp3) is 0.148. The molecule has 0 saturated carbocycles. The van der Waals surface area contributed by atoms with E-state index in [1.807, 2.05) is 11.3 Å². The Morgan fingerprint density at radius 2 is 0.543 bits per heavy atom. The molecule has 0 saturated heterocycles. The molecule has 0 radical (unpaired) electrons. The average Bonchev–Trinajstić information content (AvgIpc) is 3.86. The Kier molecular flexibility index (Phi) is 31.6. The van der Waals surface area contributed by atoms with Crippen molar-refractivity contribution < 1.29 is 111 Å². The first kappa shape index (κ1) is 74.5. The summed E-state index contributed by atoms with van der Waals surface area (Å²) in [6.45, 7) is 0. The van der Waals surface area contributed by atoms with Crippen molar-refractivity contribution in [2.45, 2.75) is 63.4 Å². The van der Waals surface area contributed by atoms with Gasteiger partial charge < -0.3 is 0 Å². The van der Waals surface area contributed by atoms with Gasteiger partial charge in [0.15, 0.2) is 9.79 Å². The number of rotatable bonds is 4. The summed E-state index contributed by atoms with van der Waals surface area (Å²) in [5.41, 5.74) is 1.29. The van der Waals surface area contributed by atoms with Crippen LogP contribution in [0.25, 0.3) is 10.4 Å². The van der Waals surface area contributed by atoms with E-state index in [0.29, 0.717) is 0 Å². The molecule has 3 aromatic carbocycles. The summed E-state index contributed by atoms with van der Waals surface area (Å²) in [6.07, 6.45) is -28.3. The number of thiophene rings is 1. The van der Waals surface area contributed by atoms with E-state index >= 15 is 0 Å².